The van der Waals surface area contributed by atoms with Crippen LogP contribution in [0.4, 0.5) is 0 Å². The van der Waals surface area contributed by atoms with Gasteiger partial charge in [-0.2, -0.15) is 0 Å². The van der Waals surface area contributed by atoms with E-state index in [9.17, 15) is 0 Å². The van der Waals surface area contributed by atoms with E-state index < -0.39 is 0 Å². The maximum absolute atomic E-state index is 8.33. The third kappa shape index (κ3) is 12.5. The molecule has 86 valence electrons. The zero-order valence-electron chi connectivity index (χ0n) is 8.95. The first-order valence-corrected chi connectivity index (χ1v) is 4.66. The third-order valence-corrected chi connectivity index (χ3v) is 1.23. The summed E-state index contributed by atoms with van der Waals surface area (Å²) in [6, 6.07) is 0. The highest BCUT2D eigenvalue weighted by Gasteiger charge is 1.78. The first kappa shape index (κ1) is 14.5. The van der Waals surface area contributed by atoms with Crippen molar-refractivity contribution in [3.8, 4) is 35.5 Å². The van der Waals surface area contributed by atoms with Crippen LogP contribution in [0.25, 0.3) is 0 Å². The molecule has 0 bridgehead atoms. The minimum atomic E-state index is -0.155. The van der Waals surface area contributed by atoms with Crippen molar-refractivity contribution in [1.82, 2.24) is 0 Å². The Kier molecular flexibility index (Phi) is 12.3. The van der Waals surface area contributed by atoms with E-state index in [2.05, 4.69) is 35.5 Å². The standard InChI is InChI=1S/C12H14O4/c13-7-1-3-9-15-11-5-6-12-16-10-4-2-8-14/h13-14H,7-12H2. The van der Waals surface area contributed by atoms with Crippen molar-refractivity contribution in [1.29, 1.82) is 0 Å². The van der Waals surface area contributed by atoms with E-state index in [4.69, 9.17) is 19.7 Å². The van der Waals surface area contributed by atoms with Gasteiger partial charge in [-0.05, 0) is 0 Å². The van der Waals surface area contributed by atoms with Gasteiger partial charge in [-0.15, -0.1) is 0 Å². The highest BCUT2D eigenvalue weighted by atomic mass is 16.5. The molecular weight excluding hydrogens is 208 g/mol. The van der Waals surface area contributed by atoms with Gasteiger partial charge in [0.25, 0.3) is 0 Å². The van der Waals surface area contributed by atoms with E-state index in [1.807, 2.05) is 0 Å². The lowest BCUT2D eigenvalue weighted by Crippen LogP contribution is -1.94. The molecule has 0 atom stereocenters. The quantitative estimate of drug-likeness (QED) is 0.474. The molecule has 4 heteroatoms. The number of aliphatic hydroxyl groups excluding tert-OH is 2. The molecule has 4 nitrogen and oxygen atoms in total. The van der Waals surface area contributed by atoms with Crippen molar-refractivity contribution >= 4 is 0 Å². The van der Waals surface area contributed by atoms with Crippen LogP contribution >= 0.6 is 0 Å². The summed E-state index contributed by atoms with van der Waals surface area (Å²) in [5, 5.41) is 16.7. The van der Waals surface area contributed by atoms with Crippen LogP contribution in [-0.4, -0.2) is 49.9 Å². The largest absolute Gasteiger partial charge is 0.384 e. The lowest BCUT2D eigenvalue weighted by molar-refractivity contribution is 0.198. The highest BCUT2D eigenvalue weighted by molar-refractivity contribution is 5.02. The van der Waals surface area contributed by atoms with Crippen molar-refractivity contribution in [2.24, 2.45) is 0 Å². The Morgan fingerprint density at radius 1 is 0.562 bits per heavy atom. The van der Waals surface area contributed by atoms with Gasteiger partial charge in [0.2, 0.25) is 0 Å². The van der Waals surface area contributed by atoms with E-state index in [1.54, 1.807) is 0 Å². The van der Waals surface area contributed by atoms with Gasteiger partial charge < -0.3 is 19.7 Å². The summed E-state index contributed by atoms with van der Waals surface area (Å²) >= 11 is 0. The van der Waals surface area contributed by atoms with Crippen LogP contribution in [0.2, 0.25) is 0 Å². The Labute approximate surface area is 95.6 Å². The molecule has 0 spiro atoms. The summed E-state index contributed by atoms with van der Waals surface area (Å²) < 4.78 is 10.0. The van der Waals surface area contributed by atoms with E-state index in [-0.39, 0.29) is 39.6 Å². The van der Waals surface area contributed by atoms with Gasteiger partial charge in [0.15, 0.2) is 0 Å². The summed E-state index contributed by atoms with van der Waals surface area (Å²) in [5.74, 6) is 15.6. The fourth-order valence-corrected chi connectivity index (χ4v) is 0.622. The monoisotopic (exact) mass is 222 g/mol. The molecule has 0 amide bonds. The average Bonchev–Trinajstić information content (AvgIpc) is 2.31. The topological polar surface area (TPSA) is 58.9 Å². The first-order chi connectivity index (χ1) is 7.91. The molecule has 0 aliphatic heterocycles. The molecule has 0 saturated carbocycles. The number of hydrogen-bond donors (Lipinski definition) is 2. The van der Waals surface area contributed by atoms with Gasteiger partial charge in [0, 0.05) is 0 Å². The van der Waals surface area contributed by atoms with Crippen LogP contribution in [0.15, 0.2) is 0 Å². The smallest absolute Gasteiger partial charge is 0.109 e. The highest BCUT2D eigenvalue weighted by Crippen LogP contribution is 1.73. The maximum atomic E-state index is 8.33. The summed E-state index contributed by atoms with van der Waals surface area (Å²) in [4.78, 5) is 0. The molecule has 0 radical (unpaired) electrons. The second-order valence-corrected chi connectivity index (χ2v) is 2.36. The molecule has 2 N–H and O–H groups in total. The van der Waals surface area contributed by atoms with Gasteiger partial charge in [-0.25, -0.2) is 0 Å². The lowest BCUT2D eigenvalue weighted by atomic mass is 10.6. The fourth-order valence-electron chi connectivity index (χ4n) is 0.622. The molecule has 0 aromatic rings. The van der Waals surface area contributed by atoms with E-state index in [1.165, 1.54) is 0 Å². The average molecular weight is 222 g/mol. The molecule has 0 heterocycles. The van der Waals surface area contributed by atoms with Crippen LogP contribution in [0.3, 0.4) is 0 Å². The lowest BCUT2D eigenvalue weighted by Gasteiger charge is -1.91. The minimum Gasteiger partial charge on any atom is -0.384 e. The maximum Gasteiger partial charge on any atom is 0.109 e. The zero-order chi connectivity index (χ0) is 11.9. The Balaban J connectivity index is 3.28. The number of rotatable bonds is 4. The zero-order valence-corrected chi connectivity index (χ0v) is 8.95. The Bertz CT molecular complexity index is 297. The Morgan fingerprint density at radius 3 is 1.19 bits per heavy atom. The molecule has 0 fully saturated rings. The van der Waals surface area contributed by atoms with Crippen LogP contribution in [0.5, 0.6) is 0 Å². The van der Waals surface area contributed by atoms with Crippen LogP contribution < -0.4 is 0 Å². The Morgan fingerprint density at radius 2 is 0.875 bits per heavy atom. The number of aliphatic hydroxyl groups is 2. The van der Waals surface area contributed by atoms with Gasteiger partial charge in [0.1, 0.15) is 39.6 Å². The van der Waals surface area contributed by atoms with Gasteiger partial charge >= 0.3 is 0 Å². The number of ether oxygens (including phenoxy) is 2. The van der Waals surface area contributed by atoms with Crippen LogP contribution in [0, 0.1) is 35.5 Å². The molecule has 0 aliphatic rings. The van der Waals surface area contributed by atoms with Crippen molar-refractivity contribution in [3.05, 3.63) is 0 Å². The predicted octanol–water partition coefficient (Wildman–Crippen LogP) is -0.986. The normalized spacial score (nSPS) is 7.88. The van der Waals surface area contributed by atoms with Gasteiger partial charge in [-0.3, -0.25) is 0 Å². The molecular formula is C12H14O4. The van der Waals surface area contributed by atoms with E-state index >= 15 is 0 Å². The third-order valence-electron chi connectivity index (χ3n) is 1.23. The fraction of sp³-hybridized carbons (Fsp3) is 0.500. The number of hydrogen-bond acceptors (Lipinski definition) is 4. The Hall–Kier alpha value is -1.48. The van der Waals surface area contributed by atoms with Crippen LogP contribution in [0.1, 0.15) is 0 Å². The molecule has 0 aromatic carbocycles. The second-order valence-electron chi connectivity index (χ2n) is 2.36. The molecule has 0 saturated heterocycles. The van der Waals surface area contributed by atoms with Crippen molar-refractivity contribution in [3.63, 3.8) is 0 Å². The summed E-state index contributed by atoms with van der Waals surface area (Å²) in [5.41, 5.74) is 0. The van der Waals surface area contributed by atoms with E-state index in [0.717, 1.165) is 0 Å². The summed E-state index contributed by atoms with van der Waals surface area (Å²) in [7, 11) is 0. The summed E-state index contributed by atoms with van der Waals surface area (Å²) in [6.45, 7) is 0.781. The van der Waals surface area contributed by atoms with Crippen molar-refractivity contribution in [2.45, 2.75) is 0 Å². The van der Waals surface area contributed by atoms with E-state index in [0.29, 0.717) is 0 Å². The van der Waals surface area contributed by atoms with Gasteiger partial charge in [0.05, 0.1) is 0 Å². The molecule has 0 rings (SSSR count). The SMILES string of the molecule is OCC#CCOCC#CCOCC#CCO. The molecule has 16 heavy (non-hydrogen) atoms. The van der Waals surface area contributed by atoms with Crippen molar-refractivity contribution < 1.29 is 19.7 Å². The molecule has 0 aliphatic carbocycles. The van der Waals surface area contributed by atoms with Crippen molar-refractivity contribution in [2.75, 3.05) is 39.6 Å². The first-order valence-electron chi connectivity index (χ1n) is 4.66. The van der Waals surface area contributed by atoms with Gasteiger partial charge in [-0.1, -0.05) is 35.5 Å². The molecule has 0 unspecified atom stereocenters. The molecule has 0 aromatic heterocycles. The minimum absolute atomic E-state index is 0.155. The van der Waals surface area contributed by atoms with Crippen LogP contribution in [-0.2, 0) is 9.47 Å². The second kappa shape index (κ2) is 13.5. The summed E-state index contributed by atoms with van der Waals surface area (Å²) in [6.07, 6.45) is 0. The predicted molar refractivity (Wildman–Crippen MR) is 59.1 cm³/mol.